The number of aromatic nitrogens is 3. The molecule has 0 bridgehead atoms. The van der Waals surface area contributed by atoms with Gasteiger partial charge in [-0.15, -0.1) is 10.2 Å². The van der Waals surface area contributed by atoms with Crippen molar-refractivity contribution in [3.63, 3.8) is 0 Å². The Morgan fingerprint density at radius 3 is 2.57 bits per heavy atom. The maximum atomic E-state index is 13.1. The number of hydrogen-bond donors (Lipinski definition) is 1. The normalized spacial score (nSPS) is 12.1. The number of thioether (sulfide) groups is 1. The van der Waals surface area contributed by atoms with Crippen LogP contribution in [0.3, 0.4) is 0 Å². The summed E-state index contributed by atoms with van der Waals surface area (Å²) in [6.07, 6.45) is 0. The van der Waals surface area contributed by atoms with Gasteiger partial charge in [0.25, 0.3) is 0 Å². The summed E-state index contributed by atoms with van der Waals surface area (Å²) in [6, 6.07) is 20.4. The fourth-order valence-corrected chi connectivity index (χ4v) is 3.99. The number of halogens is 1. The van der Waals surface area contributed by atoms with Gasteiger partial charge in [-0.25, -0.2) is 4.39 Å². The Morgan fingerprint density at radius 1 is 1.07 bits per heavy atom. The Hall–Kier alpha value is -3.19. The molecule has 3 aromatic carbocycles. The van der Waals surface area contributed by atoms with Gasteiger partial charge in [-0.05, 0) is 53.6 Å². The van der Waals surface area contributed by atoms with E-state index in [-0.39, 0.29) is 23.5 Å². The molecule has 0 radical (unpaired) electrons. The van der Waals surface area contributed by atoms with E-state index in [0.29, 0.717) is 11.0 Å². The van der Waals surface area contributed by atoms with Gasteiger partial charge in [-0.1, -0.05) is 48.2 Å². The highest BCUT2D eigenvalue weighted by atomic mass is 32.2. The number of carbonyl (C=O) groups is 1. The minimum Gasteiger partial charge on any atom is -0.349 e. The molecule has 1 aromatic heterocycles. The van der Waals surface area contributed by atoms with Crippen LogP contribution in [0.1, 0.15) is 18.5 Å². The van der Waals surface area contributed by atoms with Gasteiger partial charge in [0, 0.05) is 12.6 Å². The van der Waals surface area contributed by atoms with Crippen LogP contribution in [0.2, 0.25) is 0 Å². The molecular weight excluding hydrogens is 399 g/mol. The molecule has 7 heteroatoms. The summed E-state index contributed by atoms with van der Waals surface area (Å²) >= 11 is 1.32. The van der Waals surface area contributed by atoms with Crippen LogP contribution in [-0.4, -0.2) is 26.4 Å². The lowest BCUT2D eigenvalue weighted by molar-refractivity contribution is -0.119. The molecule has 5 nitrogen and oxygen atoms in total. The topological polar surface area (TPSA) is 59.8 Å². The number of fused-ring (bicyclic) bond motifs is 1. The monoisotopic (exact) mass is 420 g/mol. The highest BCUT2D eigenvalue weighted by Crippen LogP contribution is 2.24. The Morgan fingerprint density at radius 2 is 1.80 bits per heavy atom. The minimum absolute atomic E-state index is 0.0769. The van der Waals surface area contributed by atoms with Crippen LogP contribution in [0.25, 0.3) is 22.2 Å². The van der Waals surface area contributed by atoms with E-state index >= 15 is 0 Å². The molecule has 30 heavy (non-hydrogen) atoms. The maximum absolute atomic E-state index is 13.1. The van der Waals surface area contributed by atoms with Crippen molar-refractivity contribution in [2.24, 2.45) is 7.05 Å². The first kappa shape index (κ1) is 20.1. The van der Waals surface area contributed by atoms with Crippen molar-refractivity contribution >= 4 is 28.4 Å². The summed E-state index contributed by atoms with van der Waals surface area (Å²) in [5.41, 5.74) is 1.83. The summed E-state index contributed by atoms with van der Waals surface area (Å²) in [5.74, 6) is 0.481. The molecule has 0 fully saturated rings. The fourth-order valence-electron chi connectivity index (χ4n) is 3.26. The smallest absolute Gasteiger partial charge is 0.230 e. The zero-order valence-electron chi connectivity index (χ0n) is 16.7. The second kappa shape index (κ2) is 8.67. The van der Waals surface area contributed by atoms with Crippen LogP contribution >= 0.6 is 11.8 Å². The third-order valence-electron chi connectivity index (χ3n) is 4.92. The second-order valence-electron chi connectivity index (χ2n) is 7.06. The van der Waals surface area contributed by atoms with Crippen molar-refractivity contribution in [3.8, 4) is 11.4 Å². The van der Waals surface area contributed by atoms with E-state index in [4.69, 9.17) is 0 Å². The van der Waals surface area contributed by atoms with E-state index in [1.54, 1.807) is 16.7 Å². The lowest BCUT2D eigenvalue weighted by Gasteiger charge is -2.15. The van der Waals surface area contributed by atoms with Crippen molar-refractivity contribution in [2.45, 2.75) is 18.1 Å². The number of amides is 1. The third kappa shape index (κ3) is 4.36. The molecule has 0 saturated carbocycles. The SMILES string of the molecule is CC(NC(=O)CSc1nnc(-c2ccc(F)cc2)n1C)c1ccc2ccccc2c1. The second-order valence-corrected chi connectivity index (χ2v) is 8.00. The summed E-state index contributed by atoms with van der Waals surface area (Å²) < 4.78 is 14.9. The molecule has 4 aromatic rings. The predicted molar refractivity (Wildman–Crippen MR) is 118 cm³/mol. The standard InChI is InChI=1S/C23H21FN4OS/c1-15(18-8-7-16-5-3-4-6-19(16)13-18)25-21(29)14-30-23-27-26-22(28(23)2)17-9-11-20(24)12-10-17/h3-13,15H,14H2,1-2H3,(H,25,29). The molecule has 1 atom stereocenters. The Kier molecular flexibility index (Phi) is 5.81. The summed E-state index contributed by atoms with van der Waals surface area (Å²) in [7, 11) is 1.83. The van der Waals surface area contributed by atoms with E-state index in [1.165, 1.54) is 29.3 Å². The molecular formula is C23H21FN4OS. The lowest BCUT2D eigenvalue weighted by Crippen LogP contribution is -2.28. The molecule has 0 aliphatic heterocycles. The van der Waals surface area contributed by atoms with Gasteiger partial charge in [0.2, 0.25) is 5.91 Å². The van der Waals surface area contributed by atoms with Gasteiger partial charge < -0.3 is 9.88 Å². The first-order valence-electron chi connectivity index (χ1n) is 9.57. The van der Waals surface area contributed by atoms with Crippen LogP contribution in [0, 0.1) is 5.82 Å². The first-order valence-corrected chi connectivity index (χ1v) is 10.6. The molecule has 0 aliphatic carbocycles. The molecule has 0 saturated heterocycles. The molecule has 1 heterocycles. The Balaban J connectivity index is 1.38. The zero-order valence-corrected chi connectivity index (χ0v) is 17.5. The van der Waals surface area contributed by atoms with Gasteiger partial charge in [0.15, 0.2) is 11.0 Å². The maximum Gasteiger partial charge on any atom is 0.230 e. The van der Waals surface area contributed by atoms with Gasteiger partial charge >= 0.3 is 0 Å². The number of benzene rings is 3. The largest absolute Gasteiger partial charge is 0.349 e. The van der Waals surface area contributed by atoms with Crippen molar-refractivity contribution < 1.29 is 9.18 Å². The molecule has 0 aliphatic rings. The van der Waals surface area contributed by atoms with Crippen molar-refractivity contribution in [3.05, 3.63) is 78.1 Å². The van der Waals surface area contributed by atoms with Crippen molar-refractivity contribution in [2.75, 3.05) is 5.75 Å². The average Bonchev–Trinajstić information content (AvgIpc) is 3.12. The van der Waals surface area contributed by atoms with E-state index in [2.05, 4.69) is 39.8 Å². The Labute approximate surface area is 178 Å². The van der Waals surface area contributed by atoms with Crippen molar-refractivity contribution in [1.82, 2.24) is 20.1 Å². The summed E-state index contributed by atoms with van der Waals surface area (Å²) in [5, 5.41) is 14.3. The highest BCUT2D eigenvalue weighted by molar-refractivity contribution is 7.99. The quantitative estimate of drug-likeness (QED) is 0.458. The summed E-state index contributed by atoms with van der Waals surface area (Å²) in [4.78, 5) is 12.5. The number of rotatable bonds is 6. The number of nitrogens with zero attached hydrogens (tertiary/aromatic N) is 3. The molecule has 1 amide bonds. The first-order chi connectivity index (χ1) is 14.5. The van der Waals surface area contributed by atoms with Crippen molar-refractivity contribution in [1.29, 1.82) is 0 Å². The van der Waals surface area contributed by atoms with Crippen LogP contribution in [0.15, 0.2) is 71.9 Å². The highest BCUT2D eigenvalue weighted by Gasteiger charge is 2.15. The number of carbonyl (C=O) groups excluding carboxylic acids is 1. The van der Waals surface area contributed by atoms with Gasteiger partial charge in [0.1, 0.15) is 5.82 Å². The lowest BCUT2D eigenvalue weighted by atomic mass is 10.0. The number of nitrogens with one attached hydrogen (secondary N) is 1. The molecule has 4 rings (SSSR count). The van der Waals surface area contributed by atoms with Crippen LogP contribution < -0.4 is 5.32 Å². The minimum atomic E-state index is -0.298. The van der Waals surface area contributed by atoms with Crippen LogP contribution in [0.5, 0.6) is 0 Å². The third-order valence-corrected chi connectivity index (χ3v) is 5.94. The van der Waals surface area contributed by atoms with Crippen LogP contribution in [-0.2, 0) is 11.8 Å². The van der Waals surface area contributed by atoms with Gasteiger partial charge in [-0.3, -0.25) is 4.79 Å². The molecule has 1 unspecified atom stereocenters. The van der Waals surface area contributed by atoms with E-state index in [0.717, 1.165) is 16.5 Å². The Bertz CT molecular complexity index is 1190. The van der Waals surface area contributed by atoms with E-state index in [1.807, 2.05) is 32.2 Å². The average molecular weight is 421 g/mol. The number of hydrogen-bond acceptors (Lipinski definition) is 4. The predicted octanol–water partition coefficient (Wildman–Crippen LogP) is 4.74. The van der Waals surface area contributed by atoms with Gasteiger partial charge in [0.05, 0.1) is 11.8 Å². The molecule has 1 N–H and O–H groups in total. The zero-order chi connectivity index (χ0) is 21.1. The summed E-state index contributed by atoms with van der Waals surface area (Å²) in [6.45, 7) is 1.97. The molecule has 152 valence electrons. The van der Waals surface area contributed by atoms with Crippen LogP contribution in [0.4, 0.5) is 4.39 Å². The van der Waals surface area contributed by atoms with Gasteiger partial charge in [-0.2, -0.15) is 0 Å². The van der Waals surface area contributed by atoms with E-state index < -0.39 is 0 Å². The fraction of sp³-hybridized carbons (Fsp3) is 0.174. The molecule has 0 spiro atoms. The van der Waals surface area contributed by atoms with E-state index in [9.17, 15) is 9.18 Å².